The molecule has 4 heteroatoms. The third kappa shape index (κ3) is 4.00. The molecule has 19 heavy (non-hydrogen) atoms. The van der Waals surface area contributed by atoms with Gasteiger partial charge in [-0.3, -0.25) is 4.98 Å². The van der Waals surface area contributed by atoms with Crippen LogP contribution in [0.4, 0.5) is 0 Å². The number of halogens is 1. The summed E-state index contributed by atoms with van der Waals surface area (Å²) >= 11 is 3.56. The Morgan fingerprint density at radius 3 is 3.05 bits per heavy atom. The molecule has 0 unspecified atom stereocenters. The van der Waals surface area contributed by atoms with Crippen molar-refractivity contribution < 1.29 is 4.74 Å². The topological polar surface area (TPSA) is 34.1 Å². The van der Waals surface area contributed by atoms with Crippen LogP contribution in [0.1, 0.15) is 18.9 Å². The molecule has 2 aromatic rings. The Morgan fingerprint density at radius 1 is 1.32 bits per heavy atom. The lowest BCUT2D eigenvalue weighted by Gasteiger charge is -2.09. The summed E-state index contributed by atoms with van der Waals surface area (Å²) < 4.78 is 6.41. The molecule has 1 aromatic carbocycles. The Kier molecular flexibility index (Phi) is 5.76. The summed E-state index contributed by atoms with van der Waals surface area (Å²) in [6, 6.07) is 8.26. The van der Waals surface area contributed by atoms with Crippen molar-refractivity contribution in [2.75, 3.05) is 19.8 Å². The van der Waals surface area contributed by atoms with Crippen molar-refractivity contribution in [1.82, 2.24) is 10.3 Å². The number of pyridine rings is 1. The van der Waals surface area contributed by atoms with Crippen molar-refractivity contribution in [3.05, 3.63) is 40.5 Å². The van der Waals surface area contributed by atoms with Gasteiger partial charge in [-0.05, 0) is 37.6 Å². The number of nitrogens with one attached hydrogen (secondary N) is 1. The van der Waals surface area contributed by atoms with Crippen LogP contribution in [-0.4, -0.2) is 24.7 Å². The molecule has 3 nitrogen and oxygen atoms in total. The van der Waals surface area contributed by atoms with Gasteiger partial charge in [0.1, 0.15) is 0 Å². The number of aromatic nitrogens is 1. The Balaban J connectivity index is 1.96. The van der Waals surface area contributed by atoms with Crippen molar-refractivity contribution in [3.8, 4) is 0 Å². The van der Waals surface area contributed by atoms with E-state index in [0.717, 1.165) is 48.1 Å². The molecule has 0 fully saturated rings. The van der Waals surface area contributed by atoms with E-state index in [1.165, 1.54) is 5.56 Å². The first-order valence-electron chi connectivity index (χ1n) is 6.63. The van der Waals surface area contributed by atoms with E-state index in [1.807, 2.05) is 19.2 Å². The fourth-order valence-corrected chi connectivity index (χ4v) is 2.46. The van der Waals surface area contributed by atoms with Crippen LogP contribution < -0.4 is 5.32 Å². The maximum absolute atomic E-state index is 5.31. The third-order valence-electron chi connectivity index (χ3n) is 2.96. The zero-order valence-corrected chi connectivity index (χ0v) is 12.7. The Morgan fingerprint density at radius 2 is 2.21 bits per heavy atom. The Bertz CT molecular complexity index is 531. The molecule has 102 valence electrons. The molecule has 0 radical (unpaired) electrons. The zero-order valence-electron chi connectivity index (χ0n) is 11.2. The second-order valence-corrected chi connectivity index (χ2v) is 5.19. The van der Waals surface area contributed by atoms with Crippen LogP contribution >= 0.6 is 15.9 Å². The predicted molar refractivity (Wildman–Crippen MR) is 82.3 cm³/mol. The predicted octanol–water partition coefficient (Wildman–Crippen LogP) is 3.51. The fourth-order valence-electron chi connectivity index (χ4n) is 2.01. The molecule has 0 amide bonds. The minimum atomic E-state index is 0.793. The summed E-state index contributed by atoms with van der Waals surface area (Å²) in [6.45, 7) is 5.44. The van der Waals surface area contributed by atoms with E-state index in [4.69, 9.17) is 4.74 Å². The third-order valence-corrected chi connectivity index (χ3v) is 3.65. The van der Waals surface area contributed by atoms with Crippen LogP contribution in [0.2, 0.25) is 0 Å². The smallest absolute Gasteiger partial charge is 0.0758 e. The highest BCUT2D eigenvalue weighted by atomic mass is 79.9. The highest BCUT2D eigenvalue weighted by Crippen LogP contribution is 2.24. The lowest BCUT2D eigenvalue weighted by atomic mass is 10.1. The highest BCUT2D eigenvalue weighted by Gasteiger charge is 2.04. The molecule has 0 aliphatic carbocycles. The molecule has 0 saturated carbocycles. The number of benzene rings is 1. The minimum Gasteiger partial charge on any atom is -0.382 e. The van der Waals surface area contributed by atoms with Crippen LogP contribution in [0.3, 0.4) is 0 Å². The van der Waals surface area contributed by atoms with E-state index in [2.05, 4.69) is 44.4 Å². The normalized spacial score (nSPS) is 11.1. The van der Waals surface area contributed by atoms with Gasteiger partial charge in [0.2, 0.25) is 0 Å². The molecule has 0 aliphatic heterocycles. The fraction of sp³-hybridized carbons (Fsp3) is 0.400. The molecular formula is C15H19BrN2O. The van der Waals surface area contributed by atoms with E-state index < -0.39 is 0 Å². The number of nitrogens with zero attached hydrogens (tertiary/aromatic N) is 1. The quantitative estimate of drug-likeness (QED) is 0.792. The van der Waals surface area contributed by atoms with E-state index in [-0.39, 0.29) is 0 Å². The van der Waals surface area contributed by atoms with E-state index in [1.54, 1.807) is 0 Å². The lowest BCUT2D eigenvalue weighted by molar-refractivity contribution is 0.144. The van der Waals surface area contributed by atoms with Crippen molar-refractivity contribution in [1.29, 1.82) is 0 Å². The summed E-state index contributed by atoms with van der Waals surface area (Å²) in [5, 5.41) is 4.60. The van der Waals surface area contributed by atoms with Gasteiger partial charge in [0.05, 0.1) is 5.52 Å². The molecule has 1 heterocycles. The molecule has 0 bridgehead atoms. The minimum absolute atomic E-state index is 0.793. The first-order chi connectivity index (χ1) is 9.33. The molecule has 0 spiro atoms. The average Bonchev–Trinajstić information content (AvgIpc) is 2.45. The number of rotatable bonds is 7. The average molecular weight is 323 g/mol. The van der Waals surface area contributed by atoms with Crippen molar-refractivity contribution in [3.63, 3.8) is 0 Å². The van der Waals surface area contributed by atoms with Gasteiger partial charge < -0.3 is 10.1 Å². The summed E-state index contributed by atoms with van der Waals surface area (Å²) in [6.07, 6.45) is 2.88. The zero-order chi connectivity index (χ0) is 13.5. The monoisotopic (exact) mass is 322 g/mol. The summed E-state index contributed by atoms with van der Waals surface area (Å²) in [5.74, 6) is 0. The number of hydrogen-bond acceptors (Lipinski definition) is 3. The SMILES string of the molecule is CCOCCCNCc1ccc(Br)c2cccnc12. The van der Waals surface area contributed by atoms with E-state index >= 15 is 0 Å². The van der Waals surface area contributed by atoms with Crippen molar-refractivity contribution in [2.24, 2.45) is 0 Å². The van der Waals surface area contributed by atoms with Crippen LogP contribution in [0.25, 0.3) is 10.9 Å². The summed E-state index contributed by atoms with van der Waals surface area (Å²) in [4.78, 5) is 4.48. The molecule has 0 saturated heterocycles. The van der Waals surface area contributed by atoms with Crippen LogP contribution in [0, 0.1) is 0 Å². The largest absolute Gasteiger partial charge is 0.382 e. The maximum atomic E-state index is 5.31. The Hall–Kier alpha value is -0.970. The van der Waals surface area contributed by atoms with Gasteiger partial charge in [-0.25, -0.2) is 0 Å². The van der Waals surface area contributed by atoms with Gasteiger partial charge in [0.15, 0.2) is 0 Å². The molecular weight excluding hydrogens is 304 g/mol. The molecule has 1 N–H and O–H groups in total. The summed E-state index contributed by atoms with van der Waals surface area (Å²) in [7, 11) is 0. The number of ether oxygens (including phenoxy) is 1. The summed E-state index contributed by atoms with van der Waals surface area (Å²) in [5.41, 5.74) is 2.30. The lowest BCUT2D eigenvalue weighted by Crippen LogP contribution is -2.16. The van der Waals surface area contributed by atoms with Gasteiger partial charge in [0, 0.05) is 35.8 Å². The second kappa shape index (κ2) is 7.58. The maximum Gasteiger partial charge on any atom is 0.0758 e. The number of fused-ring (bicyclic) bond motifs is 1. The molecule has 2 rings (SSSR count). The van der Waals surface area contributed by atoms with Crippen LogP contribution in [-0.2, 0) is 11.3 Å². The standard InChI is InChI=1S/C15H19BrN2O/c1-2-19-10-4-8-17-11-12-6-7-14(16)13-5-3-9-18-15(12)13/h3,5-7,9,17H,2,4,8,10-11H2,1H3. The molecule has 0 aliphatic rings. The first-order valence-corrected chi connectivity index (χ1v) is 7.42. The first kappa shape index (κ1) is 14.4. The van der Waals surface area contributed by atoms with Gasteiger partial charge >= 0.3 is 0 Å². The van der Waals surface area contributed by atoms with Crippen LogP contribution in [0.5, 0.6) is 0 Å². The number of hydrogen-bond donors (Lipinski definition) is 1. The molecule has 1 aromatic heterocycles. The van der Waals surface area contributed by atoms with Crippen LogP contribution in [0.15, 0.2) is 34.9 Å². The van der Waals surface area contributed by atoms with E-state index in [0.29, 0.717) is 0 Å². The van der Waals surface area contributed by atoms with Gasteiger partial charge in [-0.1, -0.05) is 28.1 Å². The van der Waals surface area contributed by atoms with Crippen molar-refractivity contribution >= 4 is 26.8 Å². The van der Waals surface area contributed by atoms with Gasteiger partial charge in [-0.2, -0.15) is 0 Å². The van der Waals surface area contributed by atoms with Crippen molar-refractivity contribution in [2.45, 2.75) is 19.9 Å². The van der Waals surface area contributed by atoms with Gasteiger partial charge in [0.25, 0.3) is 0 Å². The van der Waals surface area contributed by atoms with Gasteiger partial charge in [-0.15, -0.1) is 0 Å². The highest BCUT2D eigenvalue weighted by molar-refractivity contribution is 9.10. The molecule has 0 atom stereocenters. The Labute approximate surface area is 122 Å². The van der Waals surface area contributed by atoms with E-state index in [9.17, 15) is 0 Å². The second-order valence-electron chi connectivity index (χ2n) is 4.33.